The summed E-state index contributed by atoms with van der Waals surface area (Å²) in [4.78, 5) is 14.9. The molecule has 0 spiro atoms. The van der Waals surface area contributed by atoms with Crippen LogP contribution >= 0.6 is 24.2 Å². The highest BCUT2D eigenvalue weighted by molar-refractivity contribution is 7.99. The highest BCUT2D eigenvalue weighted by Gasteiger charge is 2.48. The minimum atomic E-state index is -1.42. The van der Waals surface area contributed by atoms with Crippen LogP contribution in [0, 0.1) is 5.92 Å². The molecular weight excluding hydrogens is 440 g/mol. The first kappa shape index (κ1) is 32.0. The van der Waals surface area contributed by atoms with Crippen molar-refractivity contribution >= 4 is 30.1 Å². The third kappa shape index (κ3) is 7.16. The van der Waals surface area contributed by atoms with Crippen LogP contribution in [0.1, 0.15) is 33.1 Å². The summed E-state index contributed by atoms with van der Waals surface area (Å²) in [6.45, 7) is 4.48. The van der Waals surface area contributed by atoms with Gasteiger partial charge in [-0.3, -0.25) is 9.69 Å². The molecule has 2 rings (SSSR count). The third-order valence-electron chi connectivity index (χ3n) is 5.66. The number of nitrogens with one attached hydrogen (secondary N) is 1. The molecule has 2 saturated heterocycles. The molecule has 2 heterocycles. The second-order valence-electron chi connectivity index (χ2n) is 7.80. The molecule has 2 fully saturated rings. The Kier molecular flexibility index (Phi) is 15.0. The topological polar surface area (TPSA) is 185 Å². The maximum absolute atomic E-state index is 12.8. The summed E-state index contributed by atoms with van der Waals surface area (Å²) in [5.41, 5.74) is -0.755. The zero-order valence-corrected chi connectivity index (χ0v) is 19.5. The molecule has 0 aliphatic carbocycles. The molecule has 0 bridgehead atoms. The summed E-state index contributed by atoms with van der Waals surface area (Å²) >= 11 is 1.20. The van der Waals surface area contributed by atoms with E-state index in [1.54, 1.807) is 6.26 Å². The molecule has 182 valence electrons. The predicted molar refractivity (Wildman–Crippen MR) is 118 cm³/mol. The number of hydrogen-bond acceptors (Lipinski definition) is 8. The van der Waals surface area contributed by atoms with Crippen LogP contribution < -0.4 is 5.32 Å². The summed E-state index contributed by atoms with van der Waals surface area (Å²) in [6.07, 6.45) is -1.50. The van der Waals surface area contributed by atoms with Crippen molar-refractivity contribution in [2.75, 3.05) is 19.8 Å². The van der Waals surface area contributed by atoms with E-state index in [9.17, 15) is 25.2 Å². The first-order valence-corrected chi connectivity index (χ1v) is 10.9. The highest BCUT2D eigenvalue weighted by atomic mass is 35.5. The quantitative estimate of drug-likeness (QED) is 0.275. The minimum absolute atomic E-state index is 0. The van der Waals surface area contributed by atoms with Crippen LogP contribution in [0.3, 0.4) is 0 Å². The number of rotatable bonds is 7. The minimum Gasteiger partial charge on any atom is -0.412 e. The van der Waals surface area contributed by atoms with Gasteiger partial charge in [0, 0.05) is 6.54 Å². The van der Waals surface area contributed by atoms with Crippen molar-refractivity contribution in [3.63, 3.8) is 0 Å². The van der Waals surface area contributed by atoms with Crippen molar-refractivity contribution in [2.45, 2.75) is 81.1 Å². The fraction of sp³-hybridized carbons (Fsp3) is 0.944. The lowest BCUT2D eigenvalue weighted by Gasteiger charge is -2.44. The second kappa shape index (κ2) is 14.0. The van der Waals surface area contributed by atoms with Crippen molar-refractivity contribution in [3.05, 3.63) is 0 Å². The number of nitrogens with zero attached hydrogens (tertiary/aromatic N) is 1. The number of carbonyl (C=O) groups excluding carboxylic acids is 1. The Bertz CT molecular complexity index is 505. The highest BCUT2D eigenvalue weighted by Crippen LogP contribution is 2.30. The Balaban J connectivity index is 0. The molecule has 10 nitrogen and oxygen atoms in total. The van der Waals surface area contributed by atoms with E-state index < -0.39 is 42.0 Å². The van der Waals surface area contributed by atoms with Crippen LogP contribution in [0.25, 0.3) is 0 Å². The number of likely N-dealkylation sites (N-methyl/N-ethyl adjacent to an activating group) is 1. The van der Waals surface area contributed by atoms with Crippen LogP contribution in [-0.4, -0.2) is 110 Å². The zero-order chi connectivity index (χ0) is 20.3. The molecule has 2 aliphatic heterocycles. The lowest BCUT2D eigenvalue weighted by Crippen LogP contribution is -2.65. The smallest absolute Gasteiger partial charge is 0.237 e. The van der Waals surface area contributed by atoms with E-state index in [4.69, 9.17) is 4.74 Å². The van der Waals surface area contributed by atoms with Crippen LogP contribution in [0.2, 0.25) is 0 Å². The van der Waals surface area contributed by atoms with Gasteiger partial charge in [-0.15, -0.1) is 24.2 Å². The molecule has 30 heavy (non-hydrogen) atoms. The fourth-order valence-electron chi connectivity index (χ4n) is 4.13. The molecule has 2 aliphatic rings. The first-order chi connectivity index (χ1) is 12.7. The van der Waals surface area contributed by atoms with Gasteiger partial charge in [0.2, 0.25) is 5.91 Å². The van der Waals surface area contributed by atoms with Crippen LogP contribution in [0.5, 0.6) is 0 Å². The Morgan fingerprint density at radius 2 is 1.83 bits per heavy atom. The molecule has 9 atom stereocenters. The van der Waals surface area contributed by atoms with Gasteiger partial charge in [0.25, 0.3) is 0 Å². The van der Waals surface area contributed by atoms with E-state index in [0.29, 0.717) is 5.92 Å². The van der Waals surface area contributed by atoms with Crippen LogP contribution in [0.4, 0.5) is 0 Å². The standard InChI is InChI=1S/C18H34N2O6S.ClH.2H2O/c1-5-6-10-7-11(20(3)8-10)17(25)19-12(9(2)21)16-14(23)13(22)15(24)18(26-16)27-4;;;/h9-16,18,21-24H,5-8H2,1-4H3,(H,19,25);1H;2*1H2. The van der Waals surface area contributed by atoms with Crippen molar-refractivity contribution in [1.29, 1.82) is 0 Å². The Morgan fingerprint density at radius 1 is 1.23 bits per heavy atom. The van der Waals surface area contributed by atoms with E-state index in [0.717, 1.165) is 25.8 Å². The Hall–Kier alpha value is -0.210. The number of aliphatic hydroxyl groups excluding tert-OH is 4. The first-order valence-electron chi connectivity index (χ1n) is 9.62. The second-order valence-corrected chi connectivity index (χ2v) is 8.73. The van der Waals surface area contributed by atoms with Gasteiger partial charge in [-0.05, 0) is 39.0 Å². The van der Waals surface area contributed by atoms with Gasteiger partial charge >= 0.3 is 0 Å². The monoisotopic (exact) mass is 478 g/mol. The van der Waals surface area contributed by atoms with Gasteiger partial charge in [-0.25, -0.2) is 0 Å². The Labute approximate surface area is 188 Å². The van der Waals surface area contributed by atoms with Crippen molar-refractivity contribution in [1.82, 2.24) is 10.2 Å². The van der Waals surface area contributed by atoms with Crippen LogP contribution in [-0.2, 0) is 9.53 Å². The van der Waals surface area contributed by atoms with Crippen molar-refractivity contribution < 1.29 is 40.9 Å². The maximum Gasteiger partial charge on any atom is 0.237 e. The van der Waals surface area contributed by atoms with E-state index in [2.05, 4.69) is 12.2 Å². The van der Waals surface area contributed by atoms with Gasteiger partial charge < -0.3 is 41.4 Å². The number of halogens is 1. The van der Waals surface area contributed by atoms with Gasteiger partial charge in [0.05, 0.1) is 18.2 Å². The molecule has 0 saturated carbocycles. The lowest BCUT2D eigenvalue weighted by atomic mass is 9.92. The molecule has 1 amide bonds. The summed E-state index contributed by atoms with van der Waals surface area (Å²) in [6, 6.07) is -1.20. The average molecular weight is 479 g/mol. The summed E-state index contributed by atoms with van der Waals surface area (Å²) in [5.74, 6) is 0.245. The van der Waals surface area contributed by atoms with E-state index >= 15 is 0 Å². The molecule has 12 heteroatoms. The zero-order valence-electron chi connectivity index (χ0n) is 17.9. The molecule has 0 aromatic carbocycles. The number of likely N-dealkylation sites (tertiary alicyclic amines) is 1. The van der Waals surface area contributed by atoms with E-state index in [1.807, 2.05) is 11.9 Å². The maximum atomic E-state index is 12.8. The van der Waals surface area contributed by atoms with Crippen molar-refractivity contribution in [3.8, 4) is 0 Å². The number of carbonyl (C=O) groups is 1. The van der Waals surface area contributed by atoms with Gasteiger partial charge in [-0.1, -0.05) is 13.3 Å². The largest absolute Gasteiger partial charge is 0.412 e. The molecule has 0 aromatic heterocycles. The number of thioether (sulfide) groups is 1. The molecule has 9 N–H and O–H groups in total. The van der Waals surface area contributed by atoms with Crippen molar-refractivity contribution in [2.24, 2.45) is 5.92 Å². The van der Waals surface area contributed by atoms with Gasteiger partial charge in [0.15, 0.2) is 0 Å². The third-order valence-corrected chi connectivity index (χ3v) is 6.51. The molecule has 0 radical (unpaired) electrons. The number of amides is 1. The Morgan fingerprint density at radius 3 is 2.33 bits per heavy atom. The lowest BCUT2D eigenvalue weighted by molar-refractivity contribution is -0.211. The van der Waals surface area contributed by atoms with Gasteiger partial charge in [-0.2, -0.15) is 0 Å². The SMILES string of the molecule is CCCC1CC(C(=O)NC(C(C)O)C2OC(SC)C(O)C(O)C2O)N(C)C1.Cl.O.O. The predicted octanol–water partition coefficient (Wildman–Crippen LogP) is -2.08. The summed E-state index contributed by atoms with van der Waals surface area (Å²) in [7, 11) is 1.91. The number of hydrogen-bond donors (Lipinski definition) is 5. The fourth-order valence-corrected chi connectivity index (χ4v) is 4.81. The van der Waals surface area contributed by atoms with Crippen LogP contribution in [0.15, 0.2) is 0 Å². The normalized spacial score (nSPS) is 35.9. The molecule has 9 unspecified atom stereocenters. The molecular formula is C18H39ClN2O8S. The van der Waals surface area contributed by atoms with Gasteiger partial charge in [0.1, 0.15) is 29.9 Å². The van der Waals surface area contributed by atoms with E-state index in [1.165, 1.54) is 18.7 Å². The van der Waals surface area contributed by atoms with E-state index in [-0.39, 0.29) is 35.3 Å². The number of ether oxygens (including phenoxy) is 1. The summed E-state index contributed by atoms with van der Waals surface area (Å²) < 4.78 is 5.72. The number of aliphatic hydroxyl groups is 4. The summed E-state index contributed by atoms with van der Waals surface area (Å²) in [5, 5.41) is 43.5. The average Bonchev–Trinajstić information content (AvgIpc) is 2.99. The molecule has 0 aromatic rings.